The van der Waals surface area contributed by atoms with Crippen LogP contribution in [0, 0.1) is 0 Å². The molecule has 3 nitrogen and oxygen atoms in total. The van der Waals surface area contributed by atoms with Gasteiger partial charge >= 0.3 is 6.18 Å². The summed E-state index contributed by atoms with van der Waals surface area (Å²) in [5.74, 6) is -0.471. The third-order valence-electron chi connectivity index (χ3n) is 3.84. The van der Waals surface area contributed by atoms with Gasteiger partial charge in [0.25, 0.3) is 0 Å². The summed E-state index contributed by atoms with van der Waals surface area (Å²) in [5.41, 5.74) is -2.13. The topological polar surface area (TPSA) is 41.1 Å². The van der Waals surface area contributed by atoms with Crippen molar-refractivity contribution in [2.75, 3.05) is 11.9 Å². The Bertz CT molecular complexity index is 540. The largest absolute Gasteiger partial charge is 0.418 e. The minimum Gasteiger partial charge on any atom is -0.323 e. The van der Waals surface area contributed by atoms with E-state index < -0.39 is 23.2 Å². The number of amides is 1. The predicted octanol–water partition coefficient (Wildman–Crippen LogP) is 3.83. The third-order valence-corrected chi connectivity index (χ3v) is 4.15. The van der Waals surface area contributed by atoms with E-state index in [9.17, 15) is 18.0 Å². The monoisotopic (exact) mass is 320 g/mol. The molecule has 0 spiro atoms. The van der Waals surface area contributed by atoms with Crippen LogP contribution < -0.4 is 10.6 Å². The van der Waals surface area contributed by atoms with E-state index in [1.807, 2.05) is 6.92 Å². The molecule has 1 aromatic carbocycles. The lowest BCUT2D eigenvalue weighted by atomic mass is 9.93. The first kappa shape index (κ1) is 16.1. The van der Waals surface area contributed by atoms with Gasteiger partial charge in [0.2, 0.25) is 5.91 Å². The van der Waals surface area contributed by atoms with E-state index in [1.54, 1.807) is 0 Å². The molecule has 1 fully saturated rings. The molecule has 0 aromatic heterocycles. The molecule has 1 aromatic rings. The SMILES string of the molecule is CCC1(C(=O)Nc2c(Cl)cccc2C(F)(F)F)CCCN1. The molecule has 7 heteroatoms. The number of nitrogens with one attached hydrogen (secondary N) is 2. The molecule has 0 radical (unpaired) electrons. The second-order valence-electron chi connectivity index (χ2n) is 5.08. The van der Waals surface area contributed by atoms with Crippen molar-refractivity contribution >= 4 is 23.2 Å². The summed E-state index contributed by atoms with van der Waals surface area (Å²) in [5, 5.41) is 5.32. The quantitative estimate of drug-likeness (QED) is 0.888. The van der Waals surface area contributed by atoms with Crippen molar-refractivity contribution in [1.82, 2.24) is 5.32 Å². The van der Waals surface area contributed by atoms with Gasteiger partial charge in [0.05, 0.1) is 21.8 Å². The van der Waals surface area contributed by atoms with Crippen LogP contribution in [-0.4, -0.2) is 18.0 Å². The van der Waals surface area contributed by atoms with Crippen LogP contribution in [0.4, 0.5) is 18.9 Å². The summed E-state index contributed by atoms with van der Waals surface area (Å²) in [6.07, 6.45) is -2.66. The zero-order chi connectivity index (χ0) is 15.7. The van der Waals surface area contributed by atoms with Crippen molar-refractivity contribution in [2.45, 2.75) is 37.9 Å². The smallest absolute Gasteiger partial charge is 0.323 e. The first-order valence-corrected chi connectivity index (χ1v) is 7.10. The highest BCUT2D eigenvalue weighted by molar-refractivity contribution is 6.34. The maximum Gasteiger partial charge on any atom is 0.418 e. The van der Waals surface area contributed by atoms with Crippen molar-refractivity contribution in [3.05, 3.63) is 28.8 Å². The standard InChI is InChI=1S/C14H16ClF3N2O/c1-2-13(7-4-8-19-13)12(21)20-11-9(14(16,17)18)5-3-6-10(11)15/h3,5-6,19H,2,4,7-8H2,1H3,(H,20,21). The van der Waals surface area contributed by atoms with E-state index >= 15 is 0 Å². The van der Waals surface area contributed by atoms with Gasteiger partial charge in [0.15, 0.2) is 0 Å². The Labute approximate surface area is 125 Å². The number of benzene rings is 1. The van der Waals surface area contributed by atoms with Gasteiger partial charge in [-0.3, -0.25) is 4.79 Å². The molecule has 116 valence electrons. The van der Waals surface area contributed by atoms with Crippen molar-refractivity contribution in [3.8, 4) is 0 Å². The summed E-state index contributed by atoms with van der Waals surface area (Å²) < 4.78 is 39.0. The van der Waals surface area contributed by atoms with E-state index in [0.29, 0.717) is 19.4 Å². The average Bonchev–Trinajstić information content (AvgIpc) is 2.89. The highest BCUT2D eigenvalue weighted by Gasteiger charge is 2.41. The van der Waals surface area contributed by atoms with Crippen LogP contribution >= 0.6 is 11.6 Å². The molecule has 1 saturated heterocycles. The Morgan fingerprint density at radius 2 is 2.19 bits per heavy atom. The molecule has 1 aliphatic heterocycles. The maximum absolute atomic E-state index is 13.0. The summed E-state index contributed by atoms with van der Waals surface area (Å²) in [6, 6.07) is 3.44. The number of alkyl halides is 3. The molecule has 1 atom stereocenters. The lowest BCUT2D eigenvalue weighted by molar-refractivity contribution is -0.137. The van der Waals surface area contributed by atoms with Gasteiger partial charge in [-0.25, -0.2) is 0 Å². The minimum atomic E-state index is -4.57. The lowest BCUT2D eigenvalue weighted by Crippen LogP contribution is -2.50. The molecule has 21 heavy (non-hydrogen) atoms. The minimum absolute atomic E-state index is 0.123. The van der Waals surface area contributed by atoms with Gasteiger partial charge in [-0.15, -0.1) is 0 Å². The molecule has 2 rings (SSSR count). The Morgan fingerprint density at radius 3 is 2.71 bits per heavy atom. The number of hydrogen-bond donors (Lipinski definition) is 2. The van der Waals surface area contributed by atoms with Crippen LogP contribution in [0.1, 0.15) is 31.7 Å². The average molecular weight is 321 g/mol. The lowest BCUT2D eigenvalue weighted by Gasteiger charge is -2.27. The molecule has 1 amide bonds. The van der Waals surface area contributed by atoms with E-state index in [0.717, 1.165) is 12.5 Å². The van der Waals surface area contributed by atoms with Crippen molar-refractivity contribution in [3.63, 3.8) is 0 Å². The van der Waals surface area contributed by atoms with E-state index in [-0.39, 0.29) is 10.7 Å². The number of carbonyl (C=O) groups excluding carboxylic acids is 1. The van der Waals surface area contributed by atoms with Crippen LogP contribution in [0.5, 0.6) is 0 Å². The van der Waals surface area contributed by atoms with Crippen molar-refractivity contribution < 1.29 is 18.0 Å². The second-order valence-corrected chi connectivity index (χ2v) is 5.49. The van der Waals surface area contributed by atoms with Gasteiger partial charge in [-0.1, -0.05) is 24.6 Å². The number of carbonyl (C=O) groups is 1. The Hall–Kier alpha value is -1.27. The maximum atomic E-state index is 13.0. The first-order valence-electron chi connectivity index (χ1n) is 6.72. The molecule has 2 N–H and O–H groups in total. The molecule has 1 unspecified atom stereocenters. The first-order chi connectivity index (χ1) is 9.80. The Morgan fingerprint density at radius 1 is 1.48 bits per heavy atom. The van der Waals surface area contributed by atoms with E-state index in [1.165, 1.54) is 12.1 Å². The van der Waals surface area contributed by atoms with Crippen LogP contribution in [0.3, 0.4) is 0 Å². The second kappa shape index (κ2) is 5.85. The molecule has 0 bridgehead atoms. The van der Waals surface area contributed by atoms with Gasteiger partial charge in [-0.2, -0.15) is 13.2 Å². The fraction of sp³-hybridized carbons (Fsp3) is 0.500. The van der Waals surface area contributed by atoms with Gasteiger partial charge in [-0.05, 0) is 37.9 Å². The molecule has 1 heterocycles. The molecule has 0 saturated carbocycles. The summed E-state index contributed by atoms with van der Waals surface area (Å²) in [7, 11) is 0. The zero-order valence-corrected chi connectivity index (χ0v) is 12.2. The van der Waals surface area contributed by atoms with Crippen LogP contribution in [0.2, 0.25) is 5.02 Å². The van der Waals surface area contributed by atoms with Crippen LogP contribution in [-0.2, 0) is 11.0 Å². The summed E-state index contributed by atoms with van der Waals surface area (Å²) >= 11 is 5.84. The van der Waals surface area contributed by atoms with Crippen LogP contribution in [0.25, 0.3) is 0 Å². The van der Waals surface area contributed by atoms with Gasteiger partial charge < -0.3 is 10.6 Å². The molecular weight excluding hydrogens is 305 g/mol. The number of hydrogen-bond acceptors (Lipinski definition) is 2. The fourth-order valence-corrected chi connectivity index (χ4v) is 2.80. The Balaban J connectivity index is 2.33. The Kier molecular flexibility index (Phi) is 4.49. The molecule has 0 aliphatic carbocycles. The highest BCUT2D eigenvalue weighted by atomic mass is 35.5. The summed E-state index contributed by atoms with van der Waals surface area (Å²) in [6.45, 7) is 2.51. The van der Waals surface area contributed by atoms with Crippen molar-refractivity contribution in [1.29, 1.82) is 0 Å². The number of para-hydroxylation sites is 1. The fourth-order valence-electron chi connectivity index (χ4n) is 2.58. The van der Waals surface area contributed by atoms with Crippen LogP contribution in [0.15, 0.2) is 18.2 Å². The summed E-state index contributed by atoms with van der Waals surface area (Å²) in [4.78, 5) is 12.4. The highest BCUT2D eigenvalue weighted by Crippen LogP contribution is 2.39. The van der Waals surface area contributed by atoms with E-state index in [2.05, 4.69) is 10.6 Å². The number of halogens is 4. The zero-order valence-electron chi connectivity index (χ0n) is 11.5. The van der Waals surface area contributed by atoms with E-state index in [4.69, 9.17) is 11.6 Å². The third kappa shape index (κ3) is 3.16. The predicted molar refractivity (Wildman–Crippen MR) is 75.3 cm³/mol. The van der Waals surface area contributed by atoms with Gasteiger partial charge in [0.1, 0.15) is 0 Å². The van der Waals surface area contributed by atoms with Gasteiger partial charge in [0, 0.05) is 0 Å². The number of rotatable bonds is 3. The molecular formula is C14H16ClF3N2O. The number of anilines is 1. The van der Waals surface area contributed by atoms with Crippen molar-refractivity contribution in [2.24, 2.45) is 0 Å². The normalized spacial score (nSPS) is 22.3. The molecule has 1 aliphatic rings.